The molecule has 4 heterocycles. The van der Waals surface area contributed by atoms with Crippen LogP contribution in [0.3, 0.4) is 0 Å². The molecule has 0 saturated carbocycles. The summed E-state index contributed by atoms with van der Waals surface area (Å²) in [6.45, 7) is 1.08. The molecule has 0 unspecified atom stereocenters. The molecule has 0 aromatic carbocycles. The summed E-state index contributed by atoms with van der Waals surface area (Å²) in [5, 5.41) is 12.0. The van der Waals surface area contributed by atoms with Crippen molar-refractivity contribution >= 4 is 35.5 Å². The Labute approximate surface area is 215 Å². The van der Waals surface area contributed by atoms with Gasteiger partial charge >= 0.3 is 5.97 Å². The van der Waals surface area contributed by atoms with E-state index in [0.717, 1.165) is 0 Å². The van der Waals surface area contributed by atoms with Crippen molar-refractivity contribution in [3.63, 3.8) is 0 Å². The van der Waals surface area contributed by atoms with Gasteiger partial charge < -0.3 is 35.8 Å². The van der Waals surface area contributed by atoms with Crippen molar-refractivity contribution in [3.8, 4) is 0 Å². The Morgan fingerprint density at radius 2 is 1.08 bits per heavy atom. The Bertz CT molecular complexity index is 958. The van der Waals surface area contributed by atoms with Crippen LogP contribution in [-0.4, -0.2) is 124 Å². The number of carbonyl (C=O) groups is 6. The number of hydrogen-bond donors (Lipinski definition) is 3. The quantitative estimate of drug-likeness (QED) is 0.349. The van der Waals surface area contributed by atoms with Crippen molar-refractivity contribution < 1.29 is 33.9 Å². The standard InChI is InChI=1S/C24H36N6O7/c25-13-19(31)27-9-2-6-16(27)22(34)29-11-1-5-15(29)21(33)26-14-20(32)28-10-3-7-17(28)23(35)30-12-4-8-18(30)24(36)37/h15-18H,1-14,25H2,(H,26,33)(H,36,37)/t15-,16-,17-,18-/m0/s1. The molecule has 13 nitrogen and oxygen atoms in total. The summed E-state index contributed by atoms with van der Waals surface area (Å²) in [5.74, 6) is -2.82. The summed E-state index contributed by atoms with van der Waals surface area (Å²) in [6, 6.07) is -2.95. The molecule has 0 aromatic heterocycles. The van der Waals surface area contributed by atoms with Gasteiger partial charge in [0.2, 0.25) is 29.5 Å². The smallest absolute Gasteiger partial charge is 0.326 e. The number of nitrogens with zero attached hydrogens (tertiary/aromatic N) is 4. The molecule has 204 valence electrons. The van der Waals surface area contributed by atoms with Crippen molar-refractivity contribution in [1.82, 2.24) is 24.9 Å². The topological polar surface area (TPSA) is 174 Å². The van der Waals surface area contributed by atoms with Gasteiger partial charge in [0.25, 0.3) is 0 Å². The highest BCUT2D eigenvalue weighted by Crippen LogP contribution is 2.26. The normalized spacial score (nSPS) is 27.6. The lowest BCUT2D eigenvalue weighted by atomic mass is 10.1. The summed E-state index contributed by atoms with van der Waals surface area (Å²) in [4.78, 5) is 81.6. The largest absolute Gasteiger partial charge is 0.480 e. The maximum Gasteiger partial charge on any atom is 0.326 e. The first-order chi connectivity index (χ1) is 17.7. The first kappa shape index (κ1) is 26.8. The lowest BCUT2D eigenvalue weighted by Gasteiger charge is -2.31. The van der Waals surface area contributed by atoms with Crippen molar-refractivity contribution in [2.75, 3.05) is 39.3 Å². The van der Waals surface area contributed by atoms with Gasteiger partial charge in [-0.3, -0.25) is 24.0 Å². The van der Waals surface area contributed by atoms with Crippen molar-refractivity contribution in [3.05, 3.63) is 0 Å². The van der Waals surface area contributed by atoms with Crippen LogP contribution < -0.4 is 11.1 Å². The van der Waals surface area contributed by atoms with Gasteiger partial charge in [-0.05, 0) is 51.4 Å². The maximum absolute atomic E-state index is 13.2. The summed E-state index contributed by atoms with van der Waals surface area (Å²) < 4.78 is 0. The predicted octanol–water partition coefficient (Wildman–Crippen LogP) is -1.89. The Morgan fingerprint density at radius 3 is 1.59 bits per heavy atom. The molecule has 4 fully saturated rings. The predicted molar refractivity (Wildman–Crippen MR) is 129 cm³/mol. The molecule has 4 aliphatic rings. The number of hydrogen-bond acceptors (Lipinski definition) is 7. The molecule has 4 saturated heterocycles. The molecule has 5 amide bonds. The number of carbonyl (C=O) groups excluding carboxylic acids is 5. The third-order valence-corrected chi connectivity index (χ3v) is 7.96. The highest BCUT2D eigenvalue weighted by molar-refractivity contribution is 5.95. The number of carboxylic acids is 1. The SMILES string of the molecule is NCC(=O)N1CCC[C@H]1C(=O)N1CCC[C@H]1C(=O)NCC(=O)N1CCC[C@H]1C(=O)N1CCC[C@H]1C(=O)O. The number of amides is 5. The molecule has 4 atom stereocenters. The summed E-state index contributed by atoms with van der Waals surface area (Å²) >= 11 is 0. The average molecular weight is 521 g/mol. The maximum atomic E-state index is 13.2. The van der Waals surface area contributed by atoms with E-state index in [9.17, 15) is 33.9 Å². The fourth-order valence-electron chi connectivity index (χ4n) is 6.12. The van der Waals surface area contributed by atoms with Crippen LogP contribution in [0.25, 0.3) is 0 Å². The molecule has 0 aromatic rings. The molecule has 0 radical (unpaired) electrons. The summed E-state index contributed by atoms with van der Waals surface area (Å²) in [7, 11) is 0. The number of aliphatic carboxylic acids is 1. The molecule has 13 heteroatoms. The fourth-order valence-corrected chi connectivity index (χ4v) is 6.12. The number of nitrogens with two attached hydrogens (primary N) is 1. The van der Waals surface area contributed by atoms with E-state index in [0.29, 0.717) is 77.5 Å². The summed E-state index contributed by atoms with van der Waals surface area (Å²) in [5.41, 5.74) is 5.48. The van der Waals surface area contributed by atoms with Crippen LogP contribution in [0.15, 0.2) is 0 Å². The Balaban J connectivity index is 1.33. The van der Waals surface area contributed by atoms with Gasteiger partial charge in [-0.1, -0.05) is 0 Å². The Hall–Kier alpha value is -3.22. The molecule has 37 heavy (non-hydrogen) atoms. The molecule has 4 N–H and O–H groups in total. The average Bonchev–Trinajstić information content (AvgIpc) is 3.70. The van der Waals surface area contributed by atoms with E-state index in [1.54, 1.807) is 0 Å². The van der Waals surface area contributed by atoms with E-state index >= 15 is 0 Å². The van der Waals surface area contributed by atoms with E-state index in [1.165, 1.54) is 19.6 Å². The number of likely N-dealkylation sites (tertiary alicyclic amines) is 4. The monoisotopic (exact) mass is 520 g/mol. The van der Waals surface area contributed by atoms with Gasteiger partial charge in [0.15, 0.2) is 0 Å². The van der Waals surface area contributed by atoms with Crippen LogP contribution in [0.2, 0.25) is 0 Å². The second-order valence-corrected chi connectivity index (χ2v) is 10.1. The Morgan fingerprint density at radius 1 is 0.649 bits per heavy atom. The van der Waals surface area contributed by atoms with Gasteiger partial charge in [-0.25, -0.2) is 4.79 Å². The third-order valence-electron chi connectivity index (χ3n) is 7.96. The van der Waals surface area contributed by atoms with E-state index in [2.05, 4.69) is 5.32 Å². The molecule has 4 rings (SSSR count). The first-order valence-corrected chi connectivity index (χ1v) is 13.1. The lowest BCUT2D eigenvalue weighted by Crippen LogP contribution is -2.55. The van der Waals surface area contributed by atoms with Gasteiger partial charge in [0.1, 0.15) is 24.2 Å². The zero-order valence-corrected chi connectivity index (χ0v) is 21.0. The van der Waals surface area contributed by atoms with Crippen molar-refractivity contribution in [2.24, 2.45) is 5.73 Å². The zero-order valence-electron chi connectivity index (χ0n) is 21.0. The van der Waals surface area contributed by atoms with Crippen molar-refractivity contribution in [1.29, 1.82) is 0 Å². The molecule has 0 spiro atoms. The lowest BCUT2D eigenvalue weighted by molar-refractivity contribution is -0.151. The Kier molecular flexibility index (Phi) is 8.30. The minimum atomic E-state index is -1.04. The highest BCUT2D eigenvalue weighted by atomic mass is 16.4. The highest BCUT2D eigenvalue weighted by Gasteiger charge is 2.44. The van der Waals surface area contributed by atoms with Crippen molar-refractivity contribution in [2.45, 2.75) is 75.5 Å². The van der Waals surface area contributed by atoms with Crippen LogP contribution in [-0.2, 0) is 28.8 Å². The van der Waals surface area contributed by atoms with E-state index in [-0.39, 0.29) is 30.8 Å². The minimum absolute atomic E-state index is 0.176. The van der Waals surface area contributed by atoms with Crippen LogP contribution >= 0.6 is 0 Å². The minimum Gasteiger partial charge on any atom is -0.480 e. The van der Waals surface area contributed by atoms with Crippen LogP contribution in [0, 0.1) is 0 Å². The van der Waals surface area contributed by atoms with Crippen LogP contribution in [0.4, 0.5) is 0 Å². The third kappa shape index (κ3) is 5.41. The summed E-state index contributed by atoms with van der Waals surface area (Å²) in [6.07, 6.45) is 4.39. The van der Waals surface area contributed by atoms with E-state index in [1.807, 2.05) is 0 Å². The van der Waals surface area contributed by atoms with Crippen LogP contribution in [0.5, 0.6) is 0 Å². The van der Waals surface area contributed by atoms with E-state index in [4.69, 9.17) is 5.73 Å². The van der Waals surface area contributed by atoms with Gasteiger partial charge in [-0.2, -0.15) is 0 Å². The van der Waals surface area contributed by atoms with Gasteiger partial charge in [0, 0.05) is 26.2 Å². The van der Waals surface area contributed by atoms with Crippen LogP contribution in [0.1, 0.15) is 51.4 Å². The molecule has 0 aliphatic carbocycles. The molecular weight excluding hydrogens is 484 g/mol. The fraction of sp³-hybridized carbons (Fsp3) is 0.750. The molecule has 0 bridgehead atoms. The second kappa shape index (κ2) is 11.4. The molecule has 4 aliphatic heterocycles. The zero-order chi connectivity index (χ0) is 26.7. The van der Waals surface area contributed by atoms with Gasteiger partial charge in [0.05, 0.1) is 13.1 Å². The number of carboxylic acid groups (broad SMARTS) is 1. The van der Waals surface area contributed by atoms with E-state index < -0.39 is 42.0 Å². The van der Waals surface area contributed by atoms with Gasteiger partial charge in [-0.15, -0.1) is 0 Å². The molecular formula is C24H36N6O7. The number of nitrogens with one attached hydrogen (secondary N) is 1. The first-order valence-electron chi connectivity index (χ1n) is 13.1. The number of rotatable bonds is 7. The second-order valence-electron chi connectivity index (χ2n) is 10.1.